The molecule has 6 nitrogen and oxygen atoms in total. The van der Waals surface area contributed by atoms with Crippen LogP contribution in [0, 0.1) is 5.41 Å². The minimum atomic E-state index is -2.89. The number of carbonyl (C=O) groups is 2. The van der Waals surface area contributed by atoms with Crippen LogP contribution in [0.15, 0.2) is 73.1 Å². The minimum absolute atomic E-state index is 0.0619. The zero-order valence-corrected chi connectivity index (χ0v) is 19.1. The molecule has 34 heavy (non-hydrogen) atoms. The van der Waals surface area contributed by atoms with Crippen LogP contribution < -0.4 is 4.90 Å². The molecule has 2 aromatic heterocycles. The largest absolute Gasteiger partial charge is 0.464 e. The molecule has 2 atom stereocenters. The van der Waals surface area contributed by atoms with Gasteiger partial charge in [-0.25, -0.2) is 18.7 Å². The molecular formula is C25H22ClF2N3O3. The van der Waals surface area contributed by atoms with Gasteiger partial charge in [0, 0.05) is 18.8 Å². The van der Waals surface area contributed by atoms with E-state index in [1.54, 1.807) is 60.7 Å². The smallest absolute Gasteiger partial charge is 0.323 e. The van der Waals surface area contributed by atoms with Gasteiger partial charge in [0.1, 0.15) is 17.6 Å². The van der Waals surface area contributed by atoms with E-state index in [2.05, 4.69) is 9.97 Å². The van der Waals surface area contributed by atoms with Gasteiger partial charge in [-0.2, -0.15) is 0 Å². The van der Waals surface area contributed by atoms with Crippen molar-refractivity contribution in [1.29, 1.82) is 0 Å². The third kappa shape index (κ3) is 5.07. The van der Waals surface area contributed by atoms with E-state index in [1.807, 2.05) is 0 Å². The number of benzene rings is 1. The van der Waals surface area contributed by atoms with Gasteiger partial charge in [0.15, 0.2) is 5.92 Å². The Labute approximate surface area is 200 Å². The zero-order valence-electron chi connectivity index (χ0n) is 18.3. The van der Waals surface area contributed by atoms with Gasteiger partial charge in [0.2, 0.25) is 5.91 Å². The highest BCUT2D eigenvalue weighted by molar-refractivity contribution is 6.29. The van der Waals surface area contributed by atoms with E-state index in [0.717, 1.165) is 0 Å². The number of ether oxygens (including phenoxy) is 1. The van der Waals surface area contributed by atoms with E-state index in [-0.39, 0.29) is 13.0 Å². The number of pyridine rings is 2. The Morgan fingerprint density at radius 3 is 2.38 bits per heavy atom. The van der Waals surface area contributed by atoms with Crippen LogP contribution >= 0.6 is 11.6 Å². The van der Waals surface area contributed by atoms with Gasteiger partial charge in [-0.3, -0.25) is 14.5 Å². The molecule has 1 aromatic carbocycles. The number of rotatable bonds is 8. The standard InChI is InChI=1S/C25H22ClF2N3O3/c1-24(15-25(24,27)28)16-34-23(33)21(18-7-3-2-4-8-18)22(32)31(20-9-5-6-12-29-20)14-17-10-11-19(26)30-13-17/h2-13,21H,14-16H2,1H3. The number of hydrogen-bond donors (Lipinski definition) is 0. The monoisotopic (exact) mass is 485 g/mol. The number of alkyl halides is 2. The molecule has 0 bridgehead atoms. The minimum Gasteiger partial charge on any atom is -0.464 e. The van der Waals surface area contributed by atoms with Crippen LogP contribution in [0.25, 0.3) is 0 Å². The maximum absolute atomic E-state index is 13.8. The van der Waals surface area contributed by atoms with Crippen molar-refractivity contribution in [2.45, 2.75) is 31.7 Å². The summed E-state index contributed by atoms with van der Waals surface area (Å²) >= 11 is 5.88. The quantitative estimate of drug-likeness (QED) is 0.254. The molecule has 2 unspecified atom stereocenters. The lowest BCUT2D eigenvalue weighted by Crippen LogP contribution is -2.39. The van der Waals surface area contributed by atoms with Gasteiger partial charge in [0.05, 0.1) is 12.0 Å². The van der Waals surface area contributed by atoms with Crippen LogP contribution in [0.5, 0.6) is 0 Å². The van der Waals surface area contributed by atoms with Gasteiger partial charge < -0.3 is 4.74 Å². The summed E-state index contributed by atoms with van der Waals surface area (Å²) in [6.45, 7) is 0.944. The van der Waals surface area contributed by atoms with Crippen molar-refractivity contribution < 1.29 is 23.1 Å². The molecule has 1 saturated carbocycles. The lowest BCUT2D eigenvalue weighted by Gasteiger charge is -2.26. The normalized spacial score (nSPS) is 19.2. The molecule has 1 aliphatic carbocycles. The second-order valence-electron chi connectivity index (χ2n) is 8.49. The third-order valence-corrected chi connectivity index (χ3v) is 6.06. The number of halogens is 3. The Morgan fingerprint density at radius 1 is 1.09 bits per heavy atom. The van der Waals surface area contributed by atoms with E-state index in [0.29, 0.717) is 22.1 Å². The van der Waals surface area contributed by atoms with Crippen molar-refractivity contribution in [2.75, 3.05) is 11.5 Å². The first kappa shape index (κ1) is 23.8. The van der Waals surface area contributed by atoms with Crippen molar-refractivity contribution in [3.8, 4) is 0 Å². The van der Waals surface area contributed by atoms with Gasteiger partial charge in [-0.1, -0.05) is 61.0 Å². The average Bonchev–Trinajstić information content (AvgIpc) is 3.35. The van der Waals surface area contributed by atoms with E-state index in [1.165, 1.54) is 24.2 Å². The van der Waals surface area contributed by atoms with Crippen molar-refractivity contribution in [3.63, 3.8) is 0 Å². The number of aromatic nitrogens is 2. The number of carbonyl (C=O) groups excluding carboxylic acids is 2. The molecule has 1 amide bonds. The molecule has 0 saturated heterocycles. The first-order chi connectivity index (χ1) is 16.2. The van der Waals surface area contributed by atoms with E-state index in [4.69, 9.17) is 16.3 Å². The topological polar surface area (TPSA) is 72.4 Å². The highest BCUT2D eigenvalue weighted by atomic mass is 35.5. The fraction of sp³-hybridized carbons (Fsp3) is 0.280. The number of nitrogens with zero attached hydrogens (tertiary/aromatic N) is 3. The third-order valence-electron chi connectivity index (χ3n) is 5.84. The number of hydrogen-bond acceptors (Lipinski definition) is 5. The van der Waals surface area contributed by atoms with Crippen LogP contribution in [0.4, 0.5) is 14.6 Å². The van der Waals surface area contributed by atoms with Gasteiger partial charge in [-0.05, 0) is 29.3 Å². The van der Waals surface area contributed by atoms with Crippen molar-refractivity contribution in [2.24, 2.45) is 5.41 Å². The molecule has 1 aliphatic rings. The lowest BCUT2D eigenvalue weighted by molar-refractivity contribution is -0.150. The van der Waals surface area contributed by atoms with Gasteiger partial charge in [0.25, 0.3) is 5.92 Å². The zero-order chi connectivity index (χ0) is 24.3. The summed E-state index contributed by atoms with van der Waals surface area (Å²) in [7, 11) is 0. The second-order valence-corrected chi connectivity index (χ2v) is 8.88. The SMILES string of the molecule is CC1(COC(=O)C(C(=O)N(Cc2ccc(Cl)nc2)c2ccccn2)c2ccccc2)CC1(F)F. The molecular weight excluding hydrogens is 464 g/mol. The number of anilines is 1. The summed E-state index contributed by atoms with van der Waals surface area (Å²) < 4.78 is 32.6. The Hall–Kier alpha value is -3.39. The molecule has 176 valence electrons. The number of esters is 1. The first-order valence-corrected chi connectivity index (χ1v) is 11.0. The Balaban J connectivity index is 1.65. The van der Waals surface area contributed by atoms with Crippen LogP contribution in [-0.4, -0.2) is 34.4 Å². The predicted octanol–water partition coefficient (Wildman–Crippen LogP) is 5.04. The number of amides is 1. The van der Waals surface area contributed by atoms with Crippen molar-refractivity contribution in [1.82, 2.24) is 9.97 Å². The molecule has 2 heterocycles. The Kier molecular flexibility index (Phi) is 6.61. The summed E-state index contributed by atoms with van der Waals surface area (Å²) in [6.07, 6.45) is 2.69. The van der Waals surface area contributed by atoms with Crippen molar-refractivity contribution >= 4 is 29.3 Å². The predicted molar refractivity (Wildman–Crippen MR) is 122 cm³/mol. The molecule has 3 aromatic rings. The molecule has 1 fully saturated rings. The molecule has 0 aliphatic heterocycles. The Bertz CT molecular complexity index is 1160. The lowest BCUT2D eigenvalue weighted by atomic mass is 9.97. The second kappa shape index (κ2) is 9.46. The van der Waals surface area contributed by atoms with Crippen LogP contribution in [0.1, 0.15) is 30.4 Å². The molecule has 0 radical (unpaired) electrons. The summed E-state index contributed by atoms with van der Waals surface area (Å²) in [5, 5.41) is 0.301. The van der Waals surface area contributed by atoms with Crippen molar-refractivity contribution in [3.05, 3.63) is 89.3 Å². The fourth-order valence-electron chi connectivity index (χ4n) is 3.56. The highest BCUT2D eigenvalue weighted by Gasteiger charge is 2.68. The maximum atomic E-state index is 13.8. The maximum Gasteiger partial charge on any atom is 0.323 e. The molecule has 4 rings (SSSR count). The average molecular weight is 486 g/mol. The van der Waals surface area contributed by atoms with E-state index in [9.17, 15) is 18.4 Å². The molecule has 9 heteroatoms. The molecule has 0 N–H and O–H groups in total. The van der Waals surface area contributed by atoms with Gasteiger partial charge >= 0.3 is 5.97 Å². The van der Waals surface area contributed by atoms with E-state index >= 15 is 0 Å². The Morgan fingerprint density at radius 2 is 1.79 bits per heavy atom. The van der Waals surface area contributed by atoms with Crippen LogP contribution in [-0.2, 0) is 20.9 Å². The highest BCUT2D eigenvalue weighted by Crippen LogP contribution is 2.60. The summed E-state index contributed by atoms with van der Waals surface area (Å²) in [6, 6.07) is 16.7. The summed E-state index contributed by atoms with van der Waals surface area (Å²) in [5.41, 5.74) is -0.364. The summed E-state index contributed by atoms with van der Waals surface area (Å²) in [4.78, 5) is 36.6. The fourth-order valence-corrected chi connectivity index (χ4v) is 3.68. The first-order valence-electron chi connectivity index (χ1n) is 10.6. The van der Waals surface area contributed by atoms with Gasteiger partial charge in [-0.15, -0.1) is 0 Å². The summed E-state index contributed by atoms with van der Waals surface area (Å²) in [5.74, 6) is -5.43. The van der Waals surface area contributed by atoms with Crippen LogP contribution in [0.2, 0.25) is 5.15 Å². The van der Waals surface area contributed by atoms with Crippen LogP contribution in [0.3, 0.4) is 0 Å². The molecule has 0 spiro atoms. The van der Waals surface area contributed by atoms with E-state index < -0.39 is 35.7 Å².